The van der Waals surface area contributed by atoms with Gasteiger partial charge in [0.05, 0.1) is 0 Å². The Hall–Kier alpha value is -2.21. The van der Waals surface area contributed by atoms with Crippen molar-refractivity contribution in [3.63, 3.8) is 0 Å². The first-order valence-corrected chi connectivity index (χ1v) is 6.91. The molecule has 0 unspecified atom stereocenters. The zero-order valence-corrected chi connectivity index (χ0v) is 12.3. The van der Waals surface area contributed by atoms with E-state index in [-0.39, 0.29) is 5.82 Å². The van der Waals surface area contributed by atoms with Gasteiger partial charge in [-0.3, -0.25) is 0 Å². The first-order valence-electron chi connectivity index (χ1n) is 6.91. The van der Waals surface area contributed by atoms with E-state index in [1.807, 2.05) is 6.92 Å². The molecule has 21 heavy (non-hydrogen) atoms. The standard InChI is InChI=1S/C15H20FN5/c1-10-8-12(4-5-13(10)16)20-15-19-9-11(2)14(21-15)18-7-3-6-17/h4-5,8-9H,3,6-7,17H2,1-2H3,(H2,18,19,20,21). The van der Waals surface area contributed by atoms with Gasteiger partial charge >= 0.3 is 0 Å². The Morgan fingerprint density at radius 2 is 2.05 bits per heavy atom. The zero-order chi connectivity index (χ0) is 15.2. The predicted octanol–water partition coefficient (Wildman–Crippen LogP) is 2.74. The van der Waals surface area contributed by atoms with Crippen molar-refractivity contribution in [3.8, 4) is 0 Å². The lowest BCUT2D eigenvalue weighted by Gasteiger charge is -2.11. The second kappa shape index (κ2) is 6.99. The first-order chi connectivity index (χ1) is 10.1. The topological polar surface area (TPSA) is 75.9 Å². The van der Waals surface area contributed by atoms with E-state index in [0.717, 1.165) is 30.0 Å². The second-order valence-corrected chi connectivity index (χ2v) is 4.88. The van der Waals surface area contributed by atoms with E-state index in [1.54, 1.807) is 25.3 Å². The highest BCUT2D eigenvalue weighted by molar-refractivity contribution is 5.57. The molecule has 0 radical (unpaired) electrons. The van der Waals surface area contributed by atoms with Crippen molar-refractivity contribution in [3.05, 3.63) is 41.3 Å². The van der Waals surface area contributed by atoms with Gasteiger partial charge in [0.25, 0.3) is 0 Å². The normalized spacial score (nSPS) is 10.5. The monoisotopic (exact) mass is 289 g/mol. The van der Waals surface area contributed by atoms with Crippen LogP contribution in [-0.4, -0.2) is 23.1 Å². The third kappa shape index (κ3) is 4.13. The van der Waals surface area contributed by atoms with Gasteiger partial charge in [0, 0.05) is 24.0 Å². The molecule has 2 rings (SSSR count). The molecule has 112 valence electrons. The number of nitrogens with one attached hydrogen (secondary N) is 2. The molecule has 0 aliphatic rings. The van der Waals surface area contributed by atoms with E-state index < -0.39 is 0 Å². The Morgan fingerprint density at radius 1 is 1.24 bits per heavy atom. The average molecular weight is 289 g/mol. The van der Waals surface area contributed by atoms with Gasteiger partial charge in [0.1, 0.15) is 11.6 Å². The quantitative estimate of drug-likeness (QED) is 0.713. The van der Waals surface area contributed by atoms with Crippen LogP contribution in [0.2, 0.25) is 0 Å². The highest BCUT2D eigenvalue weighted by Gasteiger charge is 2.05. The van der Waals surface area contributed by atoms with Gasteiger partial charge < -0.3 is 16.4 Å². The summed E-state index contributed by atoms with van der Waals surface area (Å²) in [6.45, 7) is 5.06. The van der Waals surface area contributed by atoms with E-state index in [4.69, 9.17) is 5.73 Å². The van der Waals surface area contributed by atoms with Crippen LogP contribution in [0.1, 0.15) is 17.5 Å². The molecule has 0 atom stereocenters. The molecule has 1 aromatic heterocycles. The van der Waals surface area contributed by atoms with Crippen LogP contribution in [0.5, 0.6) is 0 Å². The molecule has 0 saturated heterocycles. The summed E-state index contributed by atoms with van der Waals surface area (Å²) in [7, 11) is 0. The minimum atomic E-state index is -0.227. The van der Waals surface area contributed by atoms with Crippen molar-refractivity contribution >= 4 is 17.5 Å². The Morgan fingerprint density at radius 3 is 2.76 bits per heavy atom. The minimum Gasteiger partial charge on any atom is -0.370 e. The number of halogens is 1. The molecule has 2 aromatic rings. The highest BCUT2D eigenvalue weighted by Crippen LogP contribution is 2.19. The summed E-state index contributed by atoms with van der Waals surface area (Å²) in [5.74, 6) is 1.02. The predicted molar refractivity (Wildman–Crippen MR) is 83.3 cm³/mol. The van der Waals surface area contributed by atoms with Crippen molar-refractivity contribution in [2.24, 2.45) is 5.73 Å². The summed E-state index contributed by atoms with van der Waals surface area (Å²) < 4.78 is 13.2. The van der Waals surface area contributed by atoms with Crippen LogP contribution >= 0.6 is 0 Å². The summed E-state index contributed by atoms with van der Waals surface area (Å²) in [6.07, 6.45) is 2.62. The molecule has 0 aliphatic carbocycles. The molecule has 0 fully saturated rings. The number of rotatable bonds is 6. The molecule has 0 bridgehead atoms. The van der Waals surface area contributed by atoms with E-state index in [2.05, 4.69) is 20.6 Å². The third-order valence-electron chi connectivity index (χ3n) is 3.06. The van der Waals surface area contributed by atoms with Crippen molar-refractivity contribution in [1.29, 1.82) is 0 Å². The van der Waals surface area contributed by atoms with Crippen molar-refractivity contribution in [2.75, 3.05) is 23.7 Å². The van der Waals surface area contributed by atoms with Gasteiger partial charge in [0.15, 0.2) is 0 Å². The molecule has 0 saturated carbocycles. The molecule has 0 amide bonds. The van der Waals surface area contributed by atoms with Crippen LogP contribution in [0.4, 0.5) is 21.8 Å². The molecule has 0 aliphatic heterocycles. The van der Waals surface area contributed by atoms with Crippen LogP contribution in [0.15, 0.2) is 24.4 Å². The van der Waals surface area contributed by atoms with Crippen LogP contribution in [0, 0.1) is 19.7 Å². The van der Waals surface area contributed by atoms with Crippen LogP contribution in [-0.2, 0) is 0 Å². The van der Waals surface area contributed by atoms with E-state index in [9.17, 15) is 4.39 Å². The number of hydrogen-bond donors (Lipinski definition) is 3. The summed E-state index contributed by atoms with van der Waals surface area (Å²) >= 11 is 0. The maximum Gasteiger partial charge on any atom is 0.229 e. The van der Waals surface area contributed by atoms with Crippen molar-refractivity contribution in [1.82, 2.24) is 9.97 Å². The Balaban J connectivity index is 2.12. The minimum absolute atomic E-state index is 0.227. The van der Waals surface area contributed by atoms with Gasteiger partial charge in [-0.2, -0.15) is 4.98 Å². The lowest BCUT2D eigenvalue weighted by atomic mass is 10.2. The number of nitrogens with zero attached hydrogens (tertiary/aromatic N) is 2. The van der Waals surface area contributed by atoms with E-state index in [1.165, 1.54) is 6.07 Å². The molecule has 6 heteroatoms. The van der Waals surface area contributed by atoms with Gasteiger partial charge in [-0.15, -0.1) is 0 Å². The molecule has 5 nitrogen and oxygen atoms in total. The van der Waals surface area contributed by atoms with Crippen LogP contribution in [0.3, 0.4) is 0 Å². The fraction of sp³-hybridized carbons (Fsp3) is 0.333. The van der Waals surface area contributed by atoms with Crippen molar-refractivity contribution < 1.29 is 4.39 Å². The summed E-state index contributed by atoms with van der Waals surface area (Å²) in [5, 5.41) is 6.31. The number of anilines is 3. The summed E-state index contributed by atoms with van der Waals surface area (Å²) in [5.41, 5.74) is 7.77. The maximum absolute atomic E-state index is 13.2. The Labute approximate surface area is 123 Å². The third-order valence-corrected chi connectivity index (χ3v) is 3.06. The Kier molecular flexibility index (Phi) is 5.05. The summed E-state index contributed by atoms with van der Waals surface area (Å²) in [4.78, 5) is 8.66. The van der Waals surface area contributed by atoms with Gasteiger partial charge in [-0.05, 0) is 50.6 Å². The maximum atomic E-state index is 13.2. The number of nitrogens with two attached hydrogens (primary N) is 1. The lowest BCUT2D eigenvalue weighted by molar-refractivity contribution is 0.619. The SMILES string of the molecule is Cc1cc(Nc2ncc(C)c(NCCCN)n2)ccc1F. The highest BCUT2D eigenvalue weighted by atomic mass is 19.1. The molecular weight excluding hydrogens is 269 g/mol. The van der Waals surface area contributed by atoms with Crippen LogP contribution < -0.4 is 16.4 Å². The number of aryl methyl sites for hydroxylation is 2. The molecular formula is C15H20FN5. The van der Waals surface area contributed by atoms with Crippen molar-refractivity contribution in [2.45, 2.75) is 20.3 Å². The van der Waals surface area contributed by atoms with Gasteiger partial charge in [0.2, 0.25) is 5.95 Å². The van der Waals surface area contributed by atoms with Gasteiger partial charge in [-0.1, -0.05) is 0 Å². The average Bonchev–Trinajstić information content (AvgIpc) is 2.46. The van der Waals surface area contributed by atoms with Crippen LogP contribution in [0.25, 0.3) is 0 Å². The smallest absolute Gasteiger partial charge is 0.229 e. The molecule has 4 N–H and O–H groups in total. The van der Waals surface area contributed by atoms with E-state index >= 15 is 0 Å². The number of benzene rings is 1. The van der Waals surface area contributed by atoms with Gasteiger partial charge in [-0.25, -0.2) is 9.37 Å². The lowest BCUT2D eigenvalue weighted by Crippen LogP contribution is -2.11. The second-order valence-electron chi connectivity index (χ2n) is 4.88. The van der Waals surface area contributed by atoms with E-state index in [0.29, 0.717) is 18.1 Å². The fourth-order valence-electron chi connectivity index (χ4n) is 1.84. The fourth-order valence-corrected chi connectivity index (χ4v) is 1.84. The zero-order valence-electron chi connectivity index (χ0n) is 12.3. The Bertz CT molecular complexity index is 615. The molecule has 0 spiro atoms. The molecule has 1 aromatic carbocycles. The number of aromatic nitrogens is 2. The first kappa shape index (κ1) is 15.2. The molecule has 1 heterocycles. The largest absolute Gasteiger partial charge is 0.370 e. The summed E-state index contributed by atoms with van der Waals surface area (Å²) in [6, 6.07) is 4.80. The number of hydrogen-bond acceptors (Lipinski definition) is 5.